The molecule has 0 bridgehead atoms. The smallest absolute Gasteiger partial charge is 0.409 e. The number of carbonyl (C=O) groups excluding carboxylic acids is 2. The molecule has 1 aromatic heterocycles. The van der Waals surface area contributed by atoms with Crippen molar-refractivity contribution < 1.29 is 19.1 Å². The maximum atomic E-state index is 12.5. The monoisotopic (exact) mass is 399 g/mol. The molecule has 2 aromatic rings. The molecule has 0 saturated carbocycles. The predicted molar refractivity (Wildman–Crippen MR) is 107 cm³/mol. The minimum atomic E-state index is -0.308. The molecule has 2 amide bonds. The average Bonchev–Trinajstić information content (AvgIpc) is 2.78. The molecular weight excluding hydrogens is 374 g/mol. The zero-order chi connectivity index (χ0) is 20.6. The van der Waals surface area contributed by atoms with Crippen LogP contribution >= 0.6 is 0 Å². The first kappa shape index (κ1) is 20.4. The van der Waals surface area contributed by atoms with E-state index in [1.54, 1.807) is 31.2 Å². The van der Waals surface area contributed by atoms with E-state index in [1.807, 2.05) is 29.2 Å². The molecule has 1 fully saturated rings. The second kappa shape index (κ2) is 9.72. The lowest BCUT2D eigenvalue weighted by Gasteiger charge is -2.34. The highest BCUT2D eigenvalue weighted by molar-refractivity contribution is 5.92. The van der Waals surface area contributed by atoms with Gasteiger partial charge in [0, 0.05) is 44.5 Å². The third-order valence-electron chi connectivity index (χ3n) is 4.60. The number of ether oxygens (including phenoxy) is 2. The Morgan fingerprint density at radius 3 is 2.62 bits per heavy atom. The molecule has 29 heavy (non-hydrogen) atoms. The number of hydrogen-bond acceptors (Lipinski definition) is 7. The summed E-state index contributed by atoms with van der Waals surface area (Å²) in [5.74, 6) is 0.902. The van der Waals surface area contributed by atoms with Crippen molar-refractivity contribution in [3.8, 4) is 5.75 Å². The Morgan fingerprint density at radius 2 is 1.90 bits per heavy atom. The van der Waals surface area contributed by atoms with Gasteiger partial charge in [0.2, 0.25) is 5.95 Å². The van der Waals surface area contributed by atoms with E-state index in [4.69, 9.17) is 9.47 Å². The molecule has 1 aliphatic heterocycles. The molecule has 0 atom stereocenters. The van der Waals surface area contributed by atoms with Crippen LogP contribution in [0, 0.1) is 0 Å². The number of aromatic nitrogens is 2. The lowest BCUT2D eigenvalue weighted by atomic mass is 10.2. The number of para-hydroxylation sites is 1. The van der Waals surface area contributed by atoms with Crippen molar-refractivity contribution in [1.82, 2.24) is 20.2 Å². The zero-order valence-corrected chi connectivity index (χ0v) is 16.6. The fourth-order valence-corrected chi connectivity index (χ4v) is 3.05. The molecule has 0 aliphatic carbocycles. The second-order valence-electron chi connectivity index (χ2n) is 6.41. The summed E-state index contributed by atoms with van der Waals surface area (Å²) in [5.41, 5.74) is 1.17. The van der Waals surface area contributed by atoms with Crippen LogP contribution in [0.1, 0.15) is 23.0 Å². The van der Waals surface area contributed by atoms with E-state index in [1.165, 1.54) is 0 Å². The summed E-state index contributed by atoms with van der Waals surface area (Å²) in [7, 11) is 1.60. The van der Waals surface area contributed by atoms with E-state index in [2.05, 4.69) is 15.3 Å². The van der Waals surface area contributed by atoms with Crippen LogP contribution in [0.2, 0.25) is 0 Å². The quantitative estimate of drug-likeness (QED) is 0.789. The number of nitrogens with zero attached hydrogens (tertiary/aromatic N) is 4. The molecule has 0 radical (unpaired) electrons. The minimum Gasteiger partial charge on any atom is -0.496 e. The van der Waals surface area contributed by atoms with Crippen molar-refractivity contribution in [1.29, 1.82) is 0 Å². The number of anilines is 1. The molecular formula is C20H25N5O4. The summed E-state index contributed by atoms with van der Waals surface area (Å²) in [6.07, 6.45) is 1.26. The van der Waals surface area contributed by atoms with Crippen LogP contribution in [0.25, 0.3) is 0 Å². The second-order valence-corrected chi connectivity index (χ2v) is 6.41. The van der Waals surface area contributed by atoms with Gasteiger partial charge in [-0.15, -0.1) is 0 Å². The molecule has 0 unspecified atom stereocenters. The van der Waals surface area contributed by atoms with E-state index in [0.717, 1.165) is 11.3 Å². The molecule has 1 aliphatic rings. The van der Waals surface area contributed by atoms with E-state index in [0.29, 0.717) is 45.3 Å². The van der Waals surface area contributed by atoms with Crippen LogP contribution < -0.4 is 15.0 Å². The highest BCUT2D eigenvalue weighted by atomic mass is 16.6. The fraction of sp³-hybridized carbons (Fsp3) is 0.400. The highest BCUT2D eigenvalue weighted by Crippen LogP contribution is 2.17. The SMILES string of the molecule is CCOC(=O)N1CCN(c2nccc(C(=O)NCc3ccccc3OC)n2)CC1. The topological polar surface area (TPSA) is 96.9 Å². The number of piperazine rings is 1. The Bertz CT molecular complexity index is 852. The van der Waals surface area contributed by atoms with Crippen LogP contribution in [-0.4, -0.2) is 66.8 Å². The Hall–Kier alpha value is -3.36. The van der Waals surface area contributed by atoms with E-state index in [-0.39, 0.29) is 17.7 Å². The van der Waals surface area contributed by atoms with Crippen LogP contribution in [0.3, 0.4) is 0 Å². The molecule has 0 spiro atoms. The number of carbonyl (C=O) groups is 2. The molecule has 3 rings (SSSR count). The molecule has 2 heterocycles. The van der Waals surface area contributed by atoms with Crippen molar-refractivity contribution in [2.75, 3.05) is 44.8 Å². The van der Waals surface area contributed by atoms with Gasteiger partial charge in [0.15, 0.2) is 0 Å². The van der Waals surface area contributed by atoms with Gasteiger partial charge in [0.1, 0.15) is 11.4 Å². The summed E-state index contributed by atoms with van der Waals surface area (Å²) in [6, 6.07) is 9.09. The molecule has 9 heteroatoms. The molecule has 1 N–H and O–H groups in total. The van der Waals surface area contributed by atoms with Crippen molar-refractivity contribution in [3.05, 3.63) is 47.8 Å². The van der Waals surface area contributed by atoms with Crippen LogP contribution in [0.4, 0.5) is 10.7 Å². The van der Waals surface area contributed by atoms with Crippen molar-refractivity contribution >= 4 is 17.9 Å². The largest absolute Gasteiger partial charge is 0.496 e. The average molecular weight is 399 g/mol. The van der Waals surface area contributed by atoms with Gasteiger partial charge in [0.25, 0.3) is 5.91 Å². The summed E-state index contributed by atoms with van der Waals surface area (Å²) in [6.45, 7) is 4.66. The van der Waals surface area contributed by atoms with Crippen molar-refractivity contribution in [2.24, 2.45) is 0 Å². The van der Waals surface area contributed by atoms with Gasteiger partial charge in [-0.25, -0.2) is 14.8 Å². The van der Waals surface area contributed by atoms with Gasteiger partial charge < -0.3 is 24.6 Å². The zero-order valence-electron chi connectivity index (χ0n) is 16.6. The highest BCUT2D eigenvalue weighted by Gasteiger charge is 2.23. The van der Waals surface area contributed by atoms with E-state index < -0.39 is 0 Å². The Kier molecular flexibility index (Phi) is 6.83. The molecule has 1 saturated heterocycles. The van der Waals surface area contributed by atoms with E-state index >= 15 is 0 Å². The van der Waals surface area contributed by atoms with E-state index in [9.17, 15) is 9.59 Å². The molecule has 1 aromatic carbocycles. The lowest BCUT2D eigenvalue weighted by molar-refractivity contribution is 0.0945. The maximum absolute atomic E-state index is 12.5. The fourth-order valence-electron chi connectivity index (χ4n) is 3.05. The third-order valence-corrected chi connectivity index (χ3v) is 4.60. The van der Waals surface area contributed by atoms with Gasteiger partial charge in [-0.1, -0.05) is 18.2 Å². The summed E-state index contributed by atoms with van der Waals surface area (Å²) >= 11 is 0. The van der Waals surface area contributed by atoms with Crippen molar-refractivity contribution in [2.45, 2.75) is 13.5 Å². The number of amides is 2. The number of hydrogen-bond donors (Lipinski definition) is 1. The van der Waals surface area contributed by atoms with Crippen LogP contribution in [0.15, 0.2) is 36.5 Å². The number of methoxy groups -OCH3 is 1. The summed E-state index contributed by atoms with van der Waals surface area (Å²) in [5, 5.41) is 2.86. The summed E-state index contributed by atoms with van der Waals surface area (Å²) in [4.78, 5) is 36.6. The predicted octanol–water partition coefficient (Wildman–Crippen LogP) is 1.69. The third kappa shape index (κ3) is 5.13. The van der Waals surface area contributed by atoms with Crippen molar-refractivity contribution in [3.63, 3.8) is 0 Å². The minimum absolute atomic E-state index is 0.287. The number of rotatable bonds is 6. The standard InChI is InChI=1S/C20H25N5O4/c1-3-29-20(27)25-12-10-24(11-13-25)19-21-9-8-16(23-19)18(26)22-14-15-6-4-5-7-17(15)28-2/h4-9H,3,10-14H2,1-2H3,(H,22,26). The summed E-state index contributed by atoms with van der Waals surface area (Å²) < 4.78 is 10.3. The van der Waals surface area contributed by atoms with Gasteiger partial charge in [-0.05, 0) is 19.1 Å². The Balaban J connectivity index is 1.59. The Morgan fingerprint density at radius 1 is 1.14 bits per heavy atom. The first-order valence-electron chi connectivity index (χ1n) is 9.52. The van der Waals surface area contributed by atoms with Gasteiger partial charge in [0.05, 0.1) is 13.7 Å². The maximum Gasteiger partial charge on any atom is 0.409 e. The van der Waals surface area contributed by atoms with Gasteiger partial charge >= 0.3 is 6.09 Å². The molecule has 9 nitrogen and oxygen atoms in total. The van der Waals surface area contributed by atoms with Gasteiger partial charge in [-0.2, -0.15) is 0 Å². The van der Waals surface area contributed by atoms with Crippen LogP contribution in [-0.2, 0) is 11.3 Å². The molecule has 154 valence electrons. The van der Waals surface area contributed by atoms with Gasteiger partial charge in [-0.3, -0.25) is 4.79 Å². The number of benzene rings is 1. The first-order chi connectivity index (χ1) is 14.1. The number of nitrogens with one attached hydrogen (secondary N) is 1. The normalized spacial score (nSPS) is 13.7. The van der Waals surface area contributed by atoms with Crippen LogP contribution in [0.5, 0.6) is 5.75 Å². The first-order valence-corrected chi connectivity index (χ1v) is 9.52. The lowest BCUT2D eigenvalue weighted by Crippen LogP contribution is -2.49. The Labute approximate surface area is 169 Å².